The van der Waals surface area contributed by atoms with Gasteiger partial charge < -0.3 is 4.79 Å². The topological polar surface area (TPSA) is 37.4 Å². The highest BCUT2D eigenvalue weighted by molar-refractivity contribution is 8.02. The molecule has 104 valence electrons. The number of rotatable bonds is 8. The SMILES string of the molecule is CCCCCCCCN1SC(Cl)(Cl)C(=O)C1C=O. The van der Waals surface area contributed by atoms with Gasteiger partial charge in [0.05, 0.1) is 0 Å². The number of hydrogen-bond donors (Lipinski definition) is 0. The van der Waals surface area contributed by atoms with Crippen molar-refractivity contribution in [3.8, 4) is 0 Å². The summed E-state index contributed by atoms with van der Waals surface area (Å²) in [6.45, 7) is 2.86. The number of unbranched alkanes of at least 4 members (excludes halogenated alkanes) is 5. The number of ketones is 1. The second kappa shape index (κ2) is 7.73. The first kappa shape index (κ1) is 16.3. The molecule has 1 atom stereocenters. The summed E-state index contributed by atoms with van der Waals surface area (Å²) in [6, 6.07) is -0.791. The first-order valence-corrected chi connectivity index (χ1v) is 7.89. The van der Waals surface area contributed by atoms with E-state index in [9.17, 15) is 9.59 Å². The van der Waals surface area contributed by atoms with E-state index in [4.69, 9.17) is 23.2 Å². The largest absolute Gasteiger partial charge is 0.301 e. The predicted octanol–water partition coefficient (Wildman–Crippen LogP) is 3.58. The molecule has 0 radical (unpaired) electrons. The molecule has 6 heteroatoms. The van der Waals surface area contributed by atoms with Crippen molar-refractivity contribution in [2.45, 2.75) is 55.2 Å². The molecule has 1 fully saturated rings. The molecule has 0 aromatic carbocycles. The molecule has 0 saturated carbocycles. The number of aldehydes is 1. The molecular weight excluding hydrogens is 293 g/mol. The smallest absolute Gasteiger partial charge is 0.236 e. The predicted molar refractivity (Wildman–Crippen MR) is 77.0 cm³/mol. The fraction of sp³-hybridized carbons (Fsp3) is 0.833. The van der Waals surface area contributed by atoms with Gasteiger partial charge in [0, 0.05) is 6.54 Å². The third-order valence-electron chi connectivity index (χ3n) is 2.96. The molecule has 3 nitrogen and oxygen atoms in total. The van der Waals surface area contributed by atoms with Gasteiger partial charge in [-0.1, -0.05) is 62.2 Å². The summed E-state index contributed by atoms with van der Waals surface area (Å²) in [4.78, 5) is 22.6. The molecule has 0 spiro atoms. The maximum Gasteiger partial charge on any atom is 0.236 e. The third-order valence-corrected chi connectivity index (χ3v) is 4.82. The molecule has 1 heterocycles. The van der Waals surface area contributed by atoms with E-state index >= 15 is 0 Å². The van der Waals surface area contributed by atoms with Crippen LogP contribution < -0.4 is 0 Å². The van der Waals surface area contributed by atoms with Crippen LogP contribution in [-0.4, -0.2) is 32.6 Å². The normalized spacial score (nSPS) is 23.5. The summed E-state index contributed by atoms with van der Waals surface area (Å²) in [5, 5.41) is 0. The third kappa shape index (κ3) is 4.41. The molecule has 0 bridgehead atoms. The highest BCUT2D eigenvalue weighted by Gasteiger charge is 2.51. The van der Waals surface area contributed by atoms with E-state index in [0.717, 1.165) is 24.8 Å². The molecule has 0 aromatic rings. The molecule has 18 heavy (non-hydrogen) atoms. The van der Waals surface area contributed by atoms with E-state index in [1.54, 1.807) is 4.31 Å². The van der Waals surface area contributed by atoms with Gasteiger partial charge in [-0.05, 0) is 18.4 Å². The zero-order valence-electron chi connectivity index (χ0n) is 10.5. The Morgan fingerprint density at radius 1 is 1.28 bits per heavy atom. The van der Waals surface area contributed by atoms with Crippen LogP contribution >= 0.6 is 35.1 Å². The molecule has 0 amide bonds. The summed E-state index contributed by atoms with van der Waals surface area (Å²) >= 11 is 12.8. The molecular formula is C12H19Cl2NO2S. The Bertz CT molecular complexity index is 300. The van der Waals surface area contributed by atoms with Crippen molar-refractivity contribution in [3.63, 3.8) is 0 Å². The van der Waals surface area contributed by atoms with Crippen molar-refractivity contribution >= 4 is 47.2 Å². The Balaban J connectivity index is 2.29. The van der Waals surface area contributed by atoms with E-state index in [1.165, 1.54) is 25.7 Å². The number of Topliss-reactive ketones (excluding diaryl/α,β-unsaturated/α-hetero) is 1. The Kier molecular flexibility index (Phi) is 6.99. The van der Waals surface area contributed by atoms with Crippen LogP contribution in [0.25, 0.3) is 0 Å². The van der Waals surface area contributed by atoms with Crippen LogP contribution in [-0.2, 0) is 9.59 Å². The lowest BCUT2D eigenvalue weighted by atomic mass is 10.1. The average molecular weight is 312 g/mol. The number of halogens is 2. The molecule has 0 aromatic heterocycles. The van der Waals surface area contributed by atoms with Crippen molar-refractivity contribution in [1.29, 1.82) is 0 Å². The fourth-order valence-electron chi connectivity index (χ4n) is 1.91. The van der Waals surface area contributed by atoms with Gasteiger partial charge in [-0.25, -0.2) is 4.31 Å². The van der Waals surface area contributed by atoms with Gasteiger partial charge in [-0.15, -0.1) is 0 Å². The van der Waals surface area contributed by atoms with Crippen LogP contribution in [0, 0.1) is 0 Å². The van der Waals surface area contributed by atoms with Crippen molar-refractivity contribution < 1.29 is 9.59 Å². The molecule has 1 unspecified atom stereocenters. The van der Waals surface area contributed by atoms with Gasteiger partial charge in [0.2, 0.25) is 9.45 Å². The zero-order valence-corrected chi connectivity index (χ0v) is 12.9. The lowest BCUT2D eigenvalue weighted by Gasteiger charge is -2.16. The number of carbonyl (C=O) groups excluding carboxylic acids is 2. The summed E-state index contributed by atoms with van der Waals surface area (Å²) < 4.78 is 0.211. The number of alkyl halides is 2. The second-order valence-electron chi connectivity index (χ2n) is 4.46. The van der Waals surface area contributed by atoms with Crippen molar-refractivity contribution in [3.05, 3.63) is 0 Å². The van der Waals surface area contributed by atoms with Gasteiger partial charge in [-0.2, -0.15) is 0 Å². The Labute approximate surface area is 123 Å². The van der Waals surface area contributed by atoms with Crippen LogP contribution in [0.4, 0.5) is 0 Å². The highest BCUT2D eigenvalue weighted by Crippen LogP contribution is 2.46. The van der Waals surface area contributed by atoms with Crippen molar-refractivity contribution in [1.82, 2.24) is 4.31 Å². The summed E-state index contributed by atoms with van der Waals surface area (Å²) in [5.74, 6) is -0.420. The Morgan fingerprint density at radius 2 is 1.89 bits per heavy atom. The number of hydrogen-bond acceptors (Lipinski definition) is 4. The summed E-state index contributed by atoms with van der Waals surface area (Å²) in [5.41, 5.74) is 0. The standard InChI is InChI=1S/C12H19Cl2NO2S/c1-2-3-4-5-6-7-8-15-10(9-16)11(17)12(13,14)18-15/h9-10H,2-8H2,1H3. The molecule has 1 aliphatic heterocycles. The first-order valence-electron chi connectivity index (χ1n) is 6.36. The van der Waals surface area contributed by atoms with Crippen LogP contribution in [0.15, 0.2) is 0 Å². The van der Waals surface area contributed by atoms with E-state index in [-0.39, 0.29) is 0 Å². The van der Waals surface area contributed by atoms with Crippen LogP contribution in [0.3, 0.4) is 0 Å². The maximum absolute atomic E-state index is 11.7. The minimum absolute atomic E-state index is 0.420. The van der Waals surface area contributed by atoms with Crippen LogP contribution in [0.2, 0.25) is 0 Å². The summed E-state index contributed by atoms with van der Waals surface area (Å²) in [7, 11) is 0. The Hall–Kier alpha value is 0.230. The van der Waals surface area contributed by atoms with E-state index in [0.29, 0.717) is 12.8 Å². The lowest BCUT2D eigenvalue weighted by Crippen LogP contribution is -2.34. The molecule has 0 N–H and O–H groups in total. The number of carbonyl (C=O) groups is 2. The number of nitrogens with zero attached hydrogens (tertiary/aromatic N) is 1. The quantitative estimate of drug-likeness (QED) is 0.226. The molecule has 1 rings (SSSR count). The van der Waals surface area contributed by atoms with E-state index in [1.807, 2.05) is 0 Å². The van der Waals surface area contributed by atoms with E-state index < -0.39 is 15.5 Å². The zero-order chi connectivity index (χ0) is 13.6. The monoisotopic (exact) mass is 311 g/mol. The van der Waals surface area contributed by atoms with Crippen molar-refractivity contribution in [2.75, 3.05) is 6.54 Å². The second-order valence-corrected chi connectivity index (χ2v) is 7.50. The molecule has 1 aliphatic rings. The minimum Gasteiger partial charge on any atom is -0.301 e. The van der Waals surface area contributed by atoms with Crippen LogP contribution in [0.5, 0.6) is 0 Å². The van der Waals surface area contributed by atoms with E-state index in [2.05, 4.69) is 6.92 Å². The van der Waals surface area contributed by atoms with Gasteiger partial charge in [0.25, 0.3) is 0 Å². The highest BCUT2D eigenvalue weighted by atomic mass is 35.5. The van der Waals surface area contributed by atoms with Gasteiger partial charge in [-0.3, -0.25) is 4.79 Å². The van der Waals surface area contributed by atoms with Crippen LogP contribution in [0.1, 0.15) is 45.4 Å². The molecule has 0 aliphatic carbocycles. The van der Waals surface area contributed by atoms with Gasteiger partial charge in [0.1, 0.15) is 12.3 Å². The fourth-order valence-corrected chi connectivity index (χ4v) is 3.65. The van der Waals surface area contributed by atoms with Crippen molar-refractivity contribution in [2.24, 2.45) is 0 Å². The van der Waals surface area contributed by atoms with Gasteiger partial charge in [0.15, 0.2) is 0 Å². The van der Waals surface area contributed by atoms with Gasteiger partial charge >= 0.3 is 0 Å². The Morgan fingerprint density at radius 3 is 2.50 bits per heavy atom. The first-order chi connectivity index (χ1) is 8.53. The average Bonchev–Trinajstić information content (AvgIpc) is 2.54. The minimum atomic E-state index is -1.49. The molecule has 1 saturated heterocycles. The maximum atomic E-state index is 11.7. The lowest BCUT2D eigenvalue weighted by molar-refractivity contribution is -0.125. The summed E-state index contributed by atoms with van der Waals surface area (Å²) in [6.07, 6.45) is 7.62.